The van der Waals surface area contributed by atoms with E-state index in [1.165, 1.54) is 38.2 Å². The first-order valence-electron chi connectivity index (χ1n) is 7.32. The molecule has 3 aliphatic rings. The minimum Gasteiger partial charge on any atom is -0.368 e. The zero-order valence-corrected chi connectivity index (χ0v) is 14.4. The normalized spacial score (nSPS) is 31.1. The molecule has 0 saturated carbocycles. The van der Waals surface area contributed by atoms with Gasteiger partial charge < -0.3 is 10.6 Å². The standard InChI is InChI=1S/C14H26N4.2ClH/c1-13(2,3)17-12-14(5-7-15-8-6-14)18-9-4-11(10-18)16-12;;/h11,15H,4-10H2,1-3H3,(H,16,17);2*1H. The minimum atomic E-state index is 0. The number of rotatable bonds is 0. The molecule has 2 saturated heterocycles. The highest BCUT2D eigenvalue weighted by atomic mass is 35.5. The van der Waals surface area contributed by atoms with Crippen LogP contribution in [0.25, 0.3) is 0 Å². The molecule has 1 spiro atoms. The van der Waals surface area contributed by atoms with Crippen molar-refractivity contribution in [3.05, 3.63) is 0 Å². The van der Waals surface area contributed by atoms with Gasteiger partial charge in [0.25, 0.3) is 0 Å². The largest absolute Gasteiger partial charge is 0.368 e. The van der Waals surface area contributed by atoms with E-state index in [1.54, 1.807) is 0 Å². The topological polar surface area (TPSA) is 39.7 Å². The summed E-state index contributed by atoms with van der Waals surface area (Å²) in [6.45, 7) is 11.3. The van der Waals surface area contributed by atoms with Crippen LogP contribution in [0.15, 0.2) is 4.99 Å². The van der Waals surface area contributed by atoms with Crippen LogP contribution in [0.2, 0.25) is 0 Å². The Balaban J connectivity index is 0.000001000. The van der Waals surface area contributed by atoms with Crippen molar-refractivity contribution in [1.82, 2.24) is 15.5 Å². The number of hydrogen-bond acceptors (Lipinski definition) is 4. The second-order valence-corrected chi connectivity index (χ2v) is 7.02. The molecule has 6 heteroatoms. The Morgan fingerprint density at radius 2 is 1.90 bits per heavy atom. The molecule has 2 unspecified atom stereocenters. The third kappa shape index (κ3) is 3.24. The third-order valence-corrected chi connectivity index (χ3v) is 4.45. The first-order chi connectivity index (χ1) is 8.50. The van der Waals surface area contributed by atoms with Crippen molar-refractivity contribution < 1.29 is 0 Å². The number of amidine groups is 1. The predicted octanol–water partition coefficient (Wildman–Crippen LogP) is 1.83. The Kier molecular flexibility index (Phi) is 5.75. The van der Waals surface area contributed by atoms with Gasteiger partial charge in [0.15, 0.2) is 0 Å². The van der Waals surface area contributed by atoms with E-state index in [-0.39, 0.29) is 35.9 Å². The maximum atomic E-state index is 5.04. The molecular formula is C14H28Cl2N4. The van der Waals surface area contributed by atoms with E-state index in [0.29, 0.717) is 6.04 Å². The van der Waals surface area contributed by atoms with Gasteiger partial charge in [-0.3, -0.25) is 9.89 Å². The van der Waals surface area contributed by atoms with Crippen LogP contribution in [0.5, 0.6) is 0 Å². The van der Waals surface area contributed by atoms with Gasteiger partial charge in [0.05, 0.1) is 11.6 Å². The summed E-state index contributed by atoms with van der Waals surface area (Å²) in [6.07, 6.45) is 3.63. The van der Waals surface area contributed by atoms with Gasteiger partial charge >= 0.3 is 0 Å². The maximum absolute atomic E-state index is 5.04. The van der Waals surface area contributed by atoms with Crippen molar-refractivity contribution >= 4 is 30.6 Å². The number of nitrogens with zero attached hydrogens (tertiary/aromatic N) is 2. The van der Waals surface area contributed by atoms with E-state index in [2.05, 4.69) is 36.3 Å². The summed E-state index contributed by atoms with van der Waals surface area (Å²) in [5.74, 6) is 1.27. The second-order valence-electron chi connectivity index (χ2n) is 7.02. The van der Waals surface area contributed by atoms with E-state index in [9.17, 15) is 0 Å². The van der Waals surface area contributed by atoms with Gasteiger partial charge in [-0.05, 0) is 53.1 Å². The number of aliphatic imine (C=N–C) groups is 1. The van der Waals surface area contributed by atoms with Crippen LogP contribution in [0.1, 0.15) is 40.0 Å². The molecule has 4 nitrogen and oxygen atoms in total. The lowest BCUT2D eigenvalue weighted by Crippen LogP contribution is -2.66. The molecule has 3 aliphatic heterocycles. The summed E-state index contributed by atoms with van der Waals surface area (Å²) in [7, 11) is 0. The number of nitrogens with one attached hydrogen (secondary N) is 2. The molecule has 0 aliphatic carbocycles. The average Bonchev–Trinajstić information content (AvgIpc) is 2.71. The second kappa shape index (κ2) is 6.39. The summed E-state index contributed by atoms with van der Waals surface area (Å²) in [5.41, 5.74) is 0.306. The van der Waals surface area contributed by atoms with Crippen molar-refractivity contribution in [2.24, 2.45) is 4.99 Å². The van der Waals surface area contributed by atoms with Crippen molar-refractivity contribution in [2.45, 2.75) is 57.2 Å². The number of halogens is 2. The van der Waals surface area contributed by atoms with Crippen molar-refractivity contribution in [3.8, 4) is 0 Å². The summed E-state index contributed by atoms with van der Waals surface area (Å²) >= 11 is 0. The zero-order chi connectivity index (χ0) is 12.8. The van der Waals surface area contributed by atoms with Crippen molar-refractivity contribution in [2.75, 3.05) is 26.2 Å². The molecule has 0 aromatic heterocycles. The fraction of sp³-hybridized carbons (Fsp3) is 0.929. The molecule has 0 radical (unpaired) electrons. The lowest BCUT2D eigenvalue weighted by molar-refractivity contribution is 0.130. The van der Waals surface area contributed by atoms with Gasteiger partial charge in [0, 0.05) is 18.6 Å². The predicted molar refractivity (Wildman–Crippen MR) is 89.6 cm³/mol. The SMILES string of the molecule is CC(C)(C)NC1=NC2CCN(C2)C12CCNCC2.Cl.Cl. The smallest absolute Gasteiger partial charge is 0.118 e. The zero-order valence-electron chi connectivity index (χ0n) is 12.7. The molecule has 0 amide bonds. The van der Waals surface area contributed by atoms with E-state index >= 15 is 0 Å². The first-order valence-corrected chi connectivity index (χ1v) is 7.32. The fourth-order valence-corrected chi connectivity index (χ4v) is 3.59. The average molecular weight is 323 g/mol. The highest BCUT2D eigenvalue weighted by Crippen LogP contribution is 2.36. The summed E-state index contributed by atoms with van der Waals surface area (Å²) < 4.78 is 0. The van der Waals surface area contributed by atoms with Gasteiger partial charge in [-0.25, -0.2) is 0 Å². The summed E-state index contributed by atoms with van der Waals surface area (Å²) in [5, 5.41) is 7.19. The third-order valence-electron chi connectivity index (χ3n) is 4.45. The van der Waals surface area contributed by atoms with Crippen molar-refractivity contribution in [1.29, 1.82) is 0 Å². The molecule has 2 bridgehead atoms. The summed E-state index contributed by atoms with van der Waals surface area (Å²) in [6, 6.07) is 0.537. The highest BCUT2D eigenvalue weighted by molar-refractivity contribution is 5.93. The Morgan fingerprint density at radius 3 is 2.50 bits per heavy atom. The van der Waals surface area contributed by atoms with Crippen LogP contribution in [-0.2, 0) is 0 Å². The van der Waals surface area contributed by atoms with Crippen LogP contribution in [0.4, 0.5) is 0 Å². The maximum Gasteiger partial charge on any atom is 0.118 e. The van der Waals surface area contributed by atoms with Crippen LogP contribution in [-0.4, -0.2) is 54.0 Å². The molecular weight excluding hydrogens is 295 g/mol. The van der Waals surface area contributed by atoms with Crippen LogP contribution in [0, 0.1) is 0 Å². The molecule has 2 atom stereocenters. The molecule has 2 N–H and O–H groups in total. The van der Waals surface area contributed by atoms with Gasteiger partial charge in [0.2, 0.25) is 0 Å². The molecule has 3 rings (SSSR count). The number of piperidine rings is 1. The Morgan fingerprint density at radius 1 is 1.25 bits per heavy atom. The van der Waals surface area contributed by atoms with Gasteiger partial charge in [-0.15, -0.1) is 24.8 Å². The van der Waals surface area contributed by atoms with Gasteiger partial charge in [0.1, 0.15) is 5.84 Å². The molecule has 3 heterocycles. The fourth-order valence-electron chi connectivity index (χ4n) is 3.59. The van der Waals surface area contributed by atoms with E-state index in [0.717, 1.165) is 13.1 Å². The van der Waals surface area contributed by atoms with Gasteiger partial charge in [-0.2, -0.15) is 0 Å². The van der Waals surface area contributed by atoms with Crippen LogP contribution in [0.3, 0.4) is 0 Å². The molecule has 118 valence electrons. The lowest BCUT2D eigenvalue weighted by atomic mass is 9.83. The van der Waals surface area contributed by atoms with E-state index in [1.807, 2.05) is 0 Å². The van der Waals surface area contributed by atoms with Gasteiger partial charge in [-0.1, -0.05) is 0 Å². The summed E-state index contributed by atoms with van der Waals surface area (Å²) in [4.78, 5) is 7.73. The lowest BCUT2D eigenvalue weighted by Gasteiger charge is -2.49. The van der Waals surface area contributed by atoms with Crippen LogP contribution < -0.4 is 10.6 Å². The Bertz CT molecular complexity index is 359. The van der Waals surface area contributed by atoms with Crippen molar-refractivity contribution in [3.63, 3.8) is 0 Å². The highest BCUT2D eigenvalue weighted by Gasteiger charge is 2.49. The van der Waals surface area contributed by atoms with Crippen LogP contribution >= 0.6 is 24.8 Å². The Hall–Kier alpha value is -0.0300. The monoisotopic (exact) mass is 322 g/mol. The molecule has 0 aromatic carbocycles. The first kappa shape index (κ1) is 18.0. The molecule has 2 fully saturated rings. The Labute approximate surface area is 135 Å². The number of hydrogen-bond donors (Lipinski definition) is 2. The number of fused-ring (bicyclic) bond motifs is 3. The van der Waals surface area contributed by atoms with E-state index in [4.69, 9.17) is 4.99 Å². The quantitative estimate of drug-likeness (QED) is 0.714. The van der Waals surface area contributed by atoms with E-state index < -0.39 is 0 Å². The molecule has 0 aromatic rings. The molecule has 20 heavy (non-hydrogen) atoms. The minimum absolute atomic E-state index is 0.